The average molecular weight is 230 g/mol. The van der Waals surface area contributed by atoms with Crippen LogP contribution in [0.1, 0.15) is 29.5 Å². The van der Waals surface area contributed by atoms with Crippen LogP contribution in [0.5, 0.6) is 0 Å². The number of nitrogens with zero attached hydrogens (tertiary/aromatic N) is 1. The minimum atomic E-state index is 0.704. The maximum absolute atomic E-state index is 5.05. The predicted molar refractivity (Wildman–Crippen MR) is 69.1 cm³/mol. The van der Waals surface area contributed by atoms with Crippen molar-refractivity contribution in [2.45, 2.75) is 33.7 Å². The topological polar surface area (TPSA) is 38.1 Å². The summed E-state index contributed by atoms with van der Waals surface area (Å²) < 4.78 is 5.05. The molecule has 1 aromatic heterocycles. The van der Waals surface area contributed by atoms with Gasteiger partial charge in [-0.3, -0.25) is 0 Å². The fourth-order valence-corrected chi connectivity index (χ4v) is 1.96. The van der Waals surface area contributed by atoms with Gasteiger partial charge in [-0.1, -0.05) is 30.3 Å². The summed E-state index contributed by atoms with van der Waals surface area (Å²) in [6.45, 7) is 6.90. The molecule has 90 valence electrons. The van der Waals surface area contributed by atoms with Crippen LogP contribution in [0, 0.1) is 13.8 Å². The molecule has 1 heterocycles. The van der Waals surface area contributed by atoms with E-state index in [-0.39, 0.29) is 0 Å². The van der Waals surface area contributed by atoms with Gasteiger partial charge in [0.1, 0.15) is 11.5 Å². The maximum atomic E-state index is 5.05. The first-order valence-corrected chi connectivity index (χ1v) is 5.95. The van der Waals surface area contributed by atoms with Crippen molar-refractivity contribution in [2.75, 3.05) is 5.32 Å². The minimum Gasteiger partial charge on any atom is -0.379 e. The lowest BCUT2D eigenvalue weighted by molar-refractivity contribution is 0.391. The minimum absolute atomic E-state index is 0.704. The molecule has 17 heavy (non-hydrogen) atoms. The molecule has 0 radical (unpaired) electrons. The Bertz CT molecular complexity index is 503. The SMILES string of the molecule is CCc1cccc(C)c1NCc1cc(C)on1. The van der Waals surface area contributed by atoms with E-state index in [1.165, 1.54) is 16.8 Å². The first-order valence-electron chi connectivity index (χ1n) is 5.95. The van der Waals surface area contributed by atoms with Crippen molar-refractivity contribution < 1.29 is 4.52 Å². The molecule has 0 fully saturated rings. The number of benzene rings is 1. The smallest absolute Gasteiger partial charge is 0.133 e. The summed E-state index contributed by atoms with van der Waals surface area (Å²) in [6, 6.07) is 8.33. The molecule has 0 saturated heterocycles. The van der Waals surface area contributed by atoms with E-state index in [1.54, 1.807) is 0 Å². The average Bonchev–Trinajstić information content (AvgIpc) is 2.73. The summed E-state index contributed by atoms with van der Waals surface area (Å²) in [7, 11) is 0. The number of aromatic nitrogens is 1. The van der Waals surface area contributed by atoms with Gasteiger partial charge in [0.2, 0.25) is 0 Å². The third-order valence-electron chi connectivity index (χ3n) is 2.86. The van der Waals surface area contributed by atoms with E-state index in [2.05, 4.69) is 42.5 Å². The van der Waals surface area contributed by atoms with Crippen molar-refractivity contribution in [3.63, 3.8) is 0 Å². The second-order valence-corrected chi connectivity index (χ2v) is 4.25. The van der Waals surface area contributed by atoms with E-state index < -0.39 is 0 Å². The Labute approximate surface area is 102 Å². The van der Waals surface area contributed by atoms with E-state index >= 15 is 0 Å². The predicted octanol–water partition coefficient (Wildman–Crippen LogP) is 3.47. The van der Waals surface area contributed by atoms with Crippen LogP contribution in [-0.4, -0.2) is 5.16 Å². The molecule has 0 aliphatic rings. The van der Waals surface area contributed by atoms with Gasteiger partial charge < -0.3 is 9.84 Å². The zero-order valence-electron chi connectivity index (χ0n) is 10.6. The van der Waals surface area contributed by atoms with Crippen LogP contribution in [0.4, 0.5) is 5.69 Å². The van der Waals surface area contributed by atoms with E-state index in [0.717, 1.165) is 17.9 Å². The van der Waals surface area contributed by atoms with Gasteiger partial charge >= 0.3 is 0 Å². The Morgan fingerprint density at radius 1 is 1.29 bits per heavy atom. The van der Waals surface area contributed by atoms with Gasteiger partial charge in [0.15, 0.2) is 0 Å². The van der Waals surface area contributed by atoms with Gasteiger partial charge in [0.05, 0.1) is 6.54 Å². The van der Waals surface area contributed by atoms with Crippen molar-refractivity contribution in [3.05, 3.63) is 46.8 Å². The molecule has 0 bridgehead atoms. The molecule has 0 aliphatic heterocycles. The highest BCUT2D eigenvalue weighted by Gasteiger charge is 2.05. The highest BCUT2D eigenvalue weighted by molar-refractivity contribution is 5.57. The molecular weight excluding hydrogens is 212 g/mol. The number of rotatable bonds is 4. The largest absolute Gasteiger partial charge is 0.379 e. The molecule has 3 heteroatoms. The molecule has 0 saturated carbocycles. The molecule has 3 nitrogen and oxygen atoms in total. The van der Waals surface area contributed by atoms with Gasteiger partial charge in [-0.15, -0.1) is 0 Å². The van der Waals surface area contributed by atoms with E-state index in [1.807, 2.05) is 13.0 Å². The highest BCUT2D eigenvalue weighted by atomic mass is 16.5. The Balaban J connectivity index is 2.13. The zero-order valence-corrected chi connectivity index (χ0v) is 10.6. The number of hydrogen-bond donors (Lipinski definition) is 1. The normalized spacial score (nSPS) is 10.5. The van der Waals surface area contributed by atoms with Gasteiger partial charge in [0, 0.05) is 11.8 Å². The van der Waals surface area contributed by atoms with Crippen molar-refractivity contribution in [1.29, 1.82) is 0 Å². The number of para-hydroxylation sites is 1. The standard InChI is InChI=1S/C14H18N2O/c1-4-12-7-5-6-10(2)14(12)15-9-13-8-11(3)17-16-13/h5-8,15H,4,9H2,1-3H3. The maximum Gasteiger partial charge on any atom is 0.133 e. The summed E-state index contributed by atoms with van der Waals surface area (Å²) in [6.07, 6.45) is 1.03. The quantitative estimate of drug-likeness (QED) is 0.874. The van der Waals surface area contributed by atoms with Crippen LogP contribution in [0.2, 0.25) is 0 Å². The highest BCUT2D eigenvalue weighted by Crippen LogP contribution is 2.21. The van der Waals surface area contributed by atoms with Crippen LogP contribution in [0.15, 0.2) is 28.8 Å². The van der Waals surface area contributed by atoms with Crippen LogP contribution < -0.4 is 5.32 Å². The number of aryl methyl sites for hydroxylation is 3. The van der Waals surface area contributed by atoms with E-state index in [0.29, 0.717) is 6.54 Å². The molecule has 0 spiro atoms. The number of anilines is 1. The van der Waals surface area contributed by atoms with Crippen molar-refractivity contribution in [3.8, 4) is 0 Å². The second-order valence-electron chi connectivity index (χ2n) is 4.25. The van der Waals surface area contributed by atoms with Crippen LogP contribution in [-0.2, 0) is 13.0 Å². The summed E-state index contributed by atoms with van der Waals surface area (Å²) in [5.74, 6) is 0.849. The van der Waals surface area contributed by atoms with Gasteiger partial charge in [-0.2, -0.15) is 0 Å². The molecule has 0 unspecified atom stereocenters. The monoisotopic (exact) mass is 230 g/mol. The molecule has 1 aromatic carbocycles. The lowest BCUT2D eigenvalue weighted by Crippen LogP contribution is -2.04. The van der Waals surface area contributed by atoms with E-state index in [4.69, 9.17) is 4.52 Å². The fraction of sp³-hybridized carbons (Fsp3) is 0.357. The molecule has 0 atom stereocenters. The summed E-state index contributed by atoms with van der Waals surface area (Å²) in [4.78, 5) is 0. The number of nitrogens with one attached hydrogen (secondary N) is 1. The Morgan fingerprint density at radius 3 is 2.76 bits per heavy atom. The molecule has 2 aromatic rings. The first-order chi connectivity index (χ1) is 8.20. The third-order valence-corrected chi connectivity index (χ3v) is 2.86. The Morgan fingerprint density at radius 2 is 2.12 bits per heavy atom. The Kier molecular flexibility index (Phi) is 3.47. The van der Waals surface area contributed by atoms with Crippen LogP contribution in [0.3, 0.4) is 0 Å². The molecular formula is C14H18N2O. The molecule has 0 amide bonds. The lowest BCUT2D eigenvalue weighted by Gasteiger charge is -2.12. The van der Waals surface area contributed by atoms with Gasteiger partial charge in [0.25, 0.3) is 0 Å². The first kappa shape index (κ1) is 11.7. The summed E-state index contributed by atoms with van der Waals surface area (Å²) >= 11 is 0. The third kappa shape index (κ3) is 2.67. The van der Waals surface area contributed by atoms with Gasteiger partial charge in [-0.25, -0.2) is 0 Å². The van der Waals surface area contributed by atoms with Crippen molar-refractivity contribution in [1.82, 2.24) is 5.16 Å². The fourth-order valence-electron chi connectivity index (χ4n) is 1.96. The van der Waals surface area contributed by atoms with E-state index in [9.17, 15) is 0 Å². The van der Waals surface area contributed by atoms with Crippen molar-refractivity contribution in [2.24, 2.45) is 0 Å². The summed E-state index contributed by atoms with van der Waals surface area (Å²) in [5, 5.41) is 7.42. The second kappa shape index (κ2) is 5.04. The van der Waals surface area contributed by atoms with Crippen molar-refractivity contribution >= 4 is 5.69 Å². The number of hydrogen-bond acceptors (Lipinski definition) is 3. The zero-order chi connectivity index (χ0) is 12.3. The lowest BCUT2D eigenvalue weighted by atomic mass is 10.1. The van der Waals surface area contributed by atoms with Crippen LogP contribution >= 0.6 is 0 Å². The van der Waals surface area contributed by atoms with Gasteiger partial charge in [-0.05, 0) is 31.4 Å². The van der Waals surface area contributed by atoms with Crippen LogP contribution in [0.25, 0.3) is 0 Å². The molecule has 0 aliphatic carbocycles. The molecule has 2 rings (SSSR count). The summed E-state index contributed by atoms with van der Waals surface area (Å²) in [5.41, 5.74) is 4.76. The Hall–Kier alpha value is -1.77. The molecule has 1 N–H and O–H groups in total.